The van der Waals surface area contributed by atoms with Crippen LogP contribution in [0.3, 0.4) is 0 Å². The molecule has 0 aliphatic carbocycles. The molecule has 0 spiro atoms. The number of hydrogen-bond acceptors (Lipinski definition) is 4. The molecule has 2 rings (SSSR count). The van der Waals surface area contributed by atoms with Crippen LogP contribution in [0.5, 0.6) is 0 Å². The molecule has 9 heteroatoms. The number of hydrogen-bond donors (Lipinski definition) is 2. The van der Waals surface area contributed by atoms with Crippen LogP contribution in [-0.4, -0.2) is 24.4 Å². The van der Waals surface area contributed by atoms with Gasteiger partial charge in [0.15, 0.2) is 6.61 Å². The molecule has 0 aliphatic heterocycles. The van der Waals surface area contributed by atoms with Gasteiger partial charge in [-0.05, 0) is 36.4 Å². The number of nitrogens with one attached hydrogen (secondary N) is 2. The van der Waals surface area contributed by atoms with Gasteiger partial charge < -0.3 is 15.4 Å². The molecular formula is C17H13Cl2FN2O4. The van der Waals surface area contributed by atoms with Gasteiger partial charge in [0.1, 0.15) is 5.82 Å². The lowest BCUT2D eigenvalue weighted by molar-refractivity contribution is -0.119. The van der Waals surface area contributed by atoms with Crippen LogP contribution in [0.25, 0.3) is 0 Å². The monoisotopic (exact) mass is 398 g/mol. The first kappa shape index (κ1) is 19.7. The Kier molecular flexibility index (Phi) is 6.54. The summed E-state index contributed by atoms with van der Waals surface area (Å²) in [6.07, 6.45) is 0. The minimum Gasteiger partial charge on any atom is -0.452 e. The minimum atomic E-state index is -0.957. The van der Waals surface area contributed by atoms with Crippen LogP contribution in [0, 0.1) is 5.82 Å². The first-order chi connectivity index (χ1) is 12.3. The third-order valence-corrected chi connectivity index (χ3v) is 3.66. The number of carbonyl (C=O) groups excluding carboxylic acids is 3. The van der Waals surface area contributed by atoms with E-state index in [2.05, 4.69) is 10.6 Å². The van der Waals surface area contributed by atoms with Gasteiger partial charge in [-0.3, -0.25) is 9.59 Å². The van der Waals surface area contributed by atoms with Crippen LogP contribution in [0.2, 0.25) is 10.0 Å². The standard InChI is InChI=1S/C17H13Cl2FN2O4/c1-9(23)21-10-2-4-11(5-3-10)22-16(24)8-26-17(25)12-6-15(20)14(19)7-13(12)18/h2-7H,8H2,1H3,(H,21,23)(H,22,24). The first-order valence-corrected chi connectivity index (χ1v) is 8.01. The Morgan fingerprint density at radius 1 is 1.00 bits per heavy atom. The summed E-state index contributed by atoms with van der Waals surface area (Å²) < 4.78 is 18.2. The number of ether oxygens (including phenoxy) is 1. The molecule has 0 heterocycles. The average molecular weight is 399 g/mol. The molecule has 6 nitrogen and oxygen atoms in total. The third-order valence-electron chi connectivity index (χ3n) is 3.05. The fourth-order valence-corrected chi connectivity index (χ4v) is 2.39. The number of rotatable bonds is 5. The van der Waals surface area contributed by atoms with Crippen molar-refractivity contribution in [2.24, 2.45) is 0 Å². The number of esters is 1. The van der Waals surface area contributed by atoms with Crippen molar-refractivity contribution in [1.82, 2.24) is 0 Å². The summed E-state index contributed by atoms with van der Waals surface area (Å²) in [5, 5.41) is 4.77. The SMILES string of the molecule is CC(=O)Nc1ccc(NC(=O)COC(=O)c2cc(F)c(Cl)cc2Cl)cc1. The van der Waals surface area contributed by atoms with Crippen LogP contribution in [0.1, 0.15) is 17.3 Å². The normalized spacial score (nSPS) is 10.2. The molecule has 2 amide bonds. The number of benzene rings is 2. The van der Waals surface area contributed by atoms with Crippen molar-refractivity contribution in [2.75, 3.05) is 17.2 Å². The van der Waals surface area contributed by atoms with Gasteiger partial charge in [0.25, 0.3) is 5.91 Å². The molecule has 0 fully saturated rings. The van der Waals surface area contributed by atoms with Crippen molar-refractivity contribution in [3.63, 3.8) is 0 Å². The molecule has 0 saturated heterocycles. The summed E-state index contributed by atoms with van der Waals surface area (Å²) >= 11 is 11.4. The van der Waals surface area contributed by atoms with Crippen molar-refractivity contribution in [1.29, 1.82) is 0 Å². The molecule has 136 valence electrons. The quantitative estimate of drug-likeness (QED) is 0.590. The second-order valence-electron chi connectivity index (χ2n) is 5.13. The van der Waals surface area contributed by atoms with Crippen molar-refractivity contribution < 1.29 is 23.5 Å². The van der Waals surface area contributed by atoms with Gasteiger partial charge >= 0.3 is 5.97 Å². The highest BCUT2D eigenvalue weighted by atomic mass is 35.5. The highest BCUT2D eigenvalue weighted by Crippen LogP contribution is 2.25. The van der Waals surface area contributed by atoms with E-state index in [0.29, 0.717) is 11.4 Å². The summed E-state index contributed by atoms with van der Waals surface area (Å²) in [5.41, 5.74) is 0.776. The molecule has 2 N–H and O–H groups in total. The lowest BCUT2D eigenvalue weighted by atomic mass is 10.2. The van der Waals surface area contributed by atoms with Gasteiger partial charge in [-0.15, -0.1) is 0 Å². The summed E-state index contributed by atoms with van der Waals surface area (Å²) in [6, 6.07) is 8.24. The van der Waals surface area contributed by atoms with Crippen LogP contribution in [0.15, 0.2) is 36.4 Å². The zero-order valence-electron chi connectivity index (χ0n) is 13.4. The zero-order chi connectivity index (χ0) is 19.3. The van der Waals surface area contributed by atoms with Crippen LogP contribution >= 0.6 is 23.2 Å². The van der Waals surface area contributed by atoms with E-state index >= 15 is 0 Å². The Hall–Kier alpha value is -2.64. The van der Waals surface area contributed by atoms with E-state index < -0.39 is 24.3 Å². The molecular weight excluding hydrogens is 386 g/mol. The van der Waals surface area contributed by atoms with Gasteiger partial charge in [-0.25, -0.2) is 9.18 Å². The Balaban J connectivity index is 1.91. The lowest BCUT2D eigenvalue weighted by Gasteiger charge is -2.09. The molecule has 26 heavy (non-hydrogen) atoms. The number of halogens is 3. The Morgan fingerprint density at radius 2 is 1.58 bits per heavy atom. The van der Waals surface area contributed by atoms with Crippen molar-refractivity contribution >= 4 is 52.4 Å². The van der Waals surface area contributed by atoms with Gasteiger partial charge in [0.05, 0.1) is 15.6 Å². The smallest absolute Gasteiger partial charge is 0.340 e. The van der Waals surface area contributed by atoms with E-state index in [1.165, 1.54) is 6.92 Å². The maximum Gasteiger partial charge on any atom is 0.340 e. The molecule has 2 aromatic carbocycles. The van der Waals surface area contributed by atoms with Crippen molar-refractivity contribution in [3.8, 4) is 0 Å². The second-order valence-corrected chi connectivity index (χ2v) is 5.94. The van der Waals surface area contributed by atoms with E-state index in [-0.39, 0.29) is 21.5 Å². The number of carbonyl (C=O) groups is 3. The van der Waals surface area contributed by atoms with Crippen molar-refractivity contribution in [3.05, 3.63) is 57.8 Å². The molecule has 0 saturated carbocycles. The largest absolute Gasteiger partial charge is 0.452 e. The molecule has 0 atom stereocenters. The van der Waals surface area contributed by atoms with Crippen LogP contribution in [0.4, 0.5) is 15.8 Å². The highest BCUT2D eigenvalue weighted by molar-refractivity contribution is 6.36. The molecule has 2 aromatic rings. The predicted molar refractivity (Wildman–Crippen MR) is 96.1 cm³/mol. The van der Waals surface area contributed by atoms with E-state index in [0.717, 1.165) is 12.1 Å². The molecule has 0 aromatic heterocycles. The van der Waals surface area contributed by atoms with Gasteiger partial charge in [0, 0.05) is 18.3 Å². The van der Waals surface area contributed by atoms with Gasteiger partial charge in [-0.2, -0.15) is 0 Å². The summed E-state index contributed by atoms with van der Waals surface area (Å²) in [6.45, 7) is 0.787. The maximum absolute atomic E-state index is 13.4. The maximum atomic E-state index is 13.4. The van der Waals surface area contributed by atoms with E-state index in [4.69, 9.17) is 27.9 Å². The Morgan fingerprint density at radius 3 is 2.15 bits per heavy atom. The molecule has 0 aliphatic rings. The Bertz CT molecular complexity index is 857. The Labute approximate surface area is 158 Å². The predicted octanol–water partition coefficient (Wildman–Crippen LogP) is 3.89. The lowest BCUT2D eigenvalue weighted by Crippen LogP contribution is -2.21. The van der Waals surface area contributed by atoms with Gasteiger partial charge in [-0.1, -0.05) is 23.2 Å². The van der Waals surface area contributed by atoms with Crippen LogP contribution in [-0.2, 0) is 14.3 Å². The minimum absolute atomic E-state index is 0.0876. The number of amides is 2. The third kappa shape index (κ3) is 5.44. The number of anilines is 2. The fraction of sp³-hybridized carbons (Fsp3) is 0.118. The fourth-order valence-electron chi connectivity index (χ4n) is 1.93. The molecule has 0 radical (unpaired) electrons. The average Bonchev–Trinajstić information content (AvgIpc) is 2.57. The van der Waals surface area contributed by atoms with Gasteiger partial charge in [0.2, 0.25) is 5.91 Å². The summed E-state index contributed by atoms with van der Waals surface area (Å²) in [4.78, 5) is 34.7. The van der Waals surface area contributed by atoms with E-state index in [9.17, 15) is 18.8 Å². The van der Waals surface area contributed by atoms with Crippen molar-refractivity contribution in [2.45, 2.75) is 6.92 Å². The van der Waals surface area contributed by atoms with E-state index in [1.807, 2.05) is 0 Å². The summed E-state index contributed by atoms with van der Waals surface area (Å²) in [5.74, 6) is -2.60. The zero-order valence-corrected chi connectivity index (χ0v) is 14.9. The van der Waals surface area contributed by atoms with E-state index in [1.54, 1.807) is 24.3 Å². The van der Waals surface area contributed by atoms with Crippen LogP contribution < -0.4 is 10.6 Å². The molecule has 0 unspecified atom stereocenters. The summed E-state index contributed by atoms with van der Waals surface area (Å²) in [7, 11) is 0. The first-order valence-electron chi connectivity index (χ1n) is 7.25. The molecule has 0 bridgehead atoms. The highest BCUT2D eigenvalue weighted by Gasteiger charge is 2.17. The topological polar surface area (TPSA) is 84.5 Å². The second kappa shape index (κ2) is 8.64.